The third kappa shape index (κ3) is 2.94. The minimum absolute atomic E-state index is 0.300. The number of nitrogens with two attached hydrogens (primary N) is 1. The fraction of sp³-hybridized carbons (Fsp3) is 0.154. The Hall–Kier alpha value is -0.420. The molecule has 0 aliphatic rings. The standard InChI is InChI=1S/C13H11Br2ClN2/c1-7-2-3-8(4-11(7)16)12(17)13-10(15)5-9(14)6-18-13/h2-6,12H,17H2,1H3. The Kier molecular flexibility index (Phi) is 4.43. The first-order valence-electron chi connectivity index (χ1n) is 5.31. The summed E-state index contributed by atoms with van der Waals surface area (Å²) in [4.78, 5) is 4.34. The minimum atomic E-state index is -0.300. The number of hydrogen-bond donors (Lipinski definition) is 1. The highest BCUT2D eigenvalue weighted by molar-refractivity contribution is 9.11. The van der Waals surface area contributed by atoms with E-state index in [1.54, 1.807) is 6.20 Å². The van der Waals surface area contributed by atoms with Gasteiger partial charge in [0.1, 0.15) is 0 Å². The largest absolute Gasteiger partial charge is 0.319 e. The first-order valence-corrected chi connectivity index (χ1v) is 7.28. The average molecular weight is 391 g/mol. The van der Waals surface area contributed by atoms with Crippen molar-refractivity contribution in [1.82, 2.24) is 4.98 Å². The molecule has 1 aromatic heterocycles. The van der Waals surface area contributed by atoms with E-state index in [2.05, 4.69) is 36.8 Å². The maximum absolute atomic E-state index is 6.22. The van der Waals surface area contributed by atoms with Crippen LogP contribution in [0.1, 0.15) is 22.9 Å². The average Bonchev–Trinajstić information content (AvgIpc) is 2.32. The van der Waals surface area contributed by atoms with Gasteiger partial charge in [0.15, 0.2) is 0 Å². The molecule has 2 aromatic rings. The second kappa shape index (κ2) is 5.70. The number of rotatable bonds is 2. The van der Waals surface area contributed by atoms with Gasteiger partial charge in [0.05, 0.1) is 11.7 Å². The monoisotopic (exact) mass is 388 g/mol. The molecule has 0 fully saturated rings. The summed E-state index contributed by atoms with van der Waals surface area (Å²) >= 11 is 13.0. The molecule has 18 heavy (non-hydrogen) atoms. The second-order valence-electron chi connectivity index (χ2n) is 4.01. The van der Waals surface area contributed by atoms with Crippen molar-refractivity contribution in [2.45, 2.75) is 13.0 Å². The van der Waals surface area contributed by atoms with Gasteiger partial charge in [-0.15, -0.1) is 0 Å². The topological polar surface area (TPSA) is 38.9 Å². The number of benzene rings is 1. The summed E-state index contributed by atoms with van der Waals surface area (Å²) in [7, 11) is 0. The van der Waals surface area contributed by atoms with Crippen LogP contribution in [0.15, 0.2) is 39.4 Å². The van der Waals surface area contributed by atoms with Gasteiger partial charge < -0.3 is 5.73 Å². The number of nitrogens with zero attached hydrogens (tertiary/aromatic N) is 1. The van der Waals surface area contributed by atoms with Gasteiger partial charge in [-0.1, -0.05) is 23.7 Å². The van der Waals surface area contributed by atoms with Crippen LogP contribution in [0, 0.1) is 6.92 Å². The van der Waals surface area contributed by atoms with Gasteiger partial charge in [-0.25, -0.2) is 0 Å². The quantitative estimate of drug-likeness (QED) is 0.813. The number of halogens is 3. The van der Waals surface area contributed by atoms with Gasteiger partial charge in [-0.3, -0.25) is 4.98 Å². The lowest BCUT2D eigenvalue weighted by atomic mass is 10.0. The number of aromatic nitrogens is 1. The molecule has 1 unspecified atom stereocenters. The molecule has 0 saturated heterocycles. The summed E-state index contributed by atoms with van der Waals surface area (Å²) in [6.07, 6.45) is 1.73. The molecule has 2 nitrogen and oxygen atoms in total. The van der Waals surface area contributed by atoms with Crippen molar-refractivity contribution in [3.8, 4) is 0 Å². The SMILES string of the molecule is Cc1ccc(C(N)c2ncc(Br)cc2Br)cc1Cl. The lowest BCUT2D eigenvalue weighted by Crippen LogP contribution is -2.14. The zero-order valence-corrected chi connectivity index (χ0v) is 13.6. The Morgan fingerprint density at radius 3 is 2.61 bits per heavy atom. The van der Waals surface area contributed by atoms with Gasteiger partial charge in [-0.05, 0) is 62.0 Å². The van der Waals surface area contributed by atoms with Crippen molar-refractivity contribution in [1.29, 1.82) is 0 Å². The van der Waals surface area contributed by atoms with E-state index in [0.29, 0.717) is 0 Å². The van der Waals surface area contributed by atoms with Gasteiger partial charge in [-0.2, -0.15) is 0 Å². The predicted octanol–water partition coefficient (Wildman–Crippen LogP) is 4.62. The Bertz CT molecular complexity index is 587. The van der Waals surface area contributed by atoms with E-state index in [4.69, 9.17) is 17.3 Å². The van der Waals surface area contributed by atoms with E-state index in [0.717, 1.165) is 30.8 Å². The van der Waals surface area contributed by atoms with Crippen LogP contribution in [0.25, 0.3) is 0 Å². The molecular weight excluding hydrogens is 379 g/mol. The molecule has 0 aliphatic carbocycles. The van der Waals surface area contributed by atoms with Crippen molar-refractivity contribution in [2.75, 3.05) is 0 Å². The Morgan fingerprint density at radius 2 is 2.00 bits per heavy atom. The summed E-state index contributed by atoms with van der Waals surface area (Å²) in [5.41, 5.74) is 8.99. The molecule has 1 aromatic carbocycles. The zero-order valence-electron chi connectivity index (χ0n) is 9.62. The number of aryl methyl sites for hydroxylation is 1. The maximum Gasteiger partial charge on any atom is 0.0758 e. The van der Waals surface area contributed by atoms with Gasteiger partial charge in [0.2, 0.25) is 0 Å². The summed E-state index contributed by atoms with van der Waals surface area (Å²) in [5.74, 6) is 0. The number of pyridine rings is 1. The molecule has 1 atom stereocenters. The molecule has 0 amide bonds. The zero-order chi connectivity index (χ0) is 13.3. The second-order valence-corrected chi connectivity index (χ2v) is 6.18. The smallest absolute Gasteiger partial charge is 0.0758 e. The summed E-state index contributed by atoms with van der Waals surface area (Å²) in [5, 5.41) is 0.719. The van der Waals surface area contributed by atoms with Gasteiger partial charge in [0, 0.05) is 20.2 Å². The normalized spacial score (nSPS) is 12.5. The van der Waals surface area contributed by atoms with Crippen LogP contribution in [0.4, 0.5) is 0 Å². The van der Waals surface area contributed by atoms with Crippen LogP contribution in [0.3, 0.4) is 0 Å². The highest BCUT2D eigenvalue weighted by Crippen LogP contribution is 2.29. The fourth-order valence-electron chi connectivity index (χ4n) is 1.61. The van der Waals surface area contributed by atoms with Crippen molar-refractivity contribution in [2.24, 2.45) is 5.73 Å². The highest BCUT2D eigenvalue weighted by atomic mass is 79.9. The molecule has 1 heterocycles. The van der Waals surface area contributed by atoms with E-state index in [9.17, 15) is 0 Å². The summed E-state index contributed by atoms with van der Waals surface area (Å²) in [6, 6.07) is 7.45. The molecule has 2 rings (SSSR count). The summed E-state index contributed by atoms with van der Waals surface area (Å²) in [6.45, 7) is 1.96. The van der Waals surface area contributed by atoms with E-state index in [1.807, 2.05) is 31.2 Å². The predicted molar refractivity (Wildman–Crippen MR) is 81.9 cm³/mol. The van der Waals surface area contributed by atoms with Crippen molar-refractivity contribution in [3.63, 3.8) is 0 Å². The van der Waals surface area contributed by atoms with Crippen molar-refractivity contribution < 1.29 is 0 Å². The van der Waals surface area contributed by atoms with Crippen LogP contribution in [0.5, 0.6) is 0 Å². The van der Waals surface area contributed by atoms with E-state index in [1.165, 1.54) is 0 Å². The lowest BCUT2D eigenvalue weighted by Gasteiger charge is -2.14. The molecule has 2 N–H and O–H groups in total. The lowest BCUT2D eigenvalue weighted by molar-refractivity contribution is 0.820. The van der Waals surface area contributed by atoms with Gasteiger partial charge >= 0.3 is 0 Å². The molecular formula is C13H11Br2ClN2. The maximum atomic E-state index is 6.22. The molecule has 0 radical (unpaired) electrons. The van der Waals surface area contributed by atoms with Crippen molar-refractivity contribution >= 4 is 43.5 Å². The third-order valence-corrected chi connectivity index (χ3v) is 4.16. The first-order chi connectivity index (χ1) is 8.49. The Labute approximate surface area is 128 Å². The fourth-order valence-corrected chi connectivity index (χ4v) is 3.04. The van der Waals surface area contributed by atoms with E-state index in [-0.39, 0.29) is 6.04 Å². The Balaban J connectivity index is 2.41. The summed E-state index contributed by atoms with van der Waals surface area (Å²) < 4.78 is 1.79. The third-order valence-electron chi connectivity index (χ3n) is 2.69. The van der Waals surface area contributed by atoms with Crippen LogP contribution >= 0.6 is 43.5 Å². The van der Waals surface area contributed by atoms with Crippen molar-refractivity contribution in [3.05, 3.63) is 61.3 Å². The van der Waals surface area contributed by atoms with Crippen LogP contribution < -0.4 is 5.73 Å². The highest BCUT2D eigenvalue weighted by Gasteiger charge is 2.15. The first kappa shape index (κ1) is 14.0. The molecule has 0 bridgehead atoms. The molecule has 0 saturated carbocycles. The molecule has 0 spiro atoms. The van der Waals surface area contributed by atoms with Crippen LogP contribution in [-0.2, 0) is 0 Å². The minimum Gasteiger partial charge on any atom is -0.319 e. The number of hydrogen-bond acceptors (Lipinski definition) is 2. The van der Waals surface area contributed by atoms with Crippen LogP contribution in [0.2, 0.25) is 5.02 Å². The molecule has 5 heteroatoms. The molecule has 94 valence electrons. The molecule has 0 aliphatic heterocycles. The van der Waals surface area contributed by atoms with Gasteiger partial charge in [0.25, 0.3) is 0 Å². The van der Waals surface area contributed by atoms with E-state index < -0.39 is 0 Å². The van der Waals surface area contributed by atoms with Crippen LogP contribution in [-0.4, -0.2) is 4.98 Å². The van der Waals surface area contributed by atoms with E-state index >= 15 is 0 Å². The Morgan fingerprint density at radius 1 is 1.28 bits per heavy atom.